The average Bonchev–Trinajstić information content (AvgIpc) is 2.40. The monoisotopic (exact) mass is 243 g/mol. The molecule has 0 spiro atoms. The number of nitro benzene ring substituents is 1. The van der Waals surface area contributed by atoms with Gasteiger partial charge in [0.1, 0.15) is 0 Å². The Labute approximate surface area is 105 Å². The maximum atomic E-state index is 10.5. The van der Waals surface area contributed by atoms with Crippen LogP contribution in [0.5, 0.6) is 0 Å². The molecule has 1 N–H and O–H groups in total. The van der Waals surface area contributed by atoms with Crippen molar-refractivity contribution in [3.63, 3.8) is 0 Å². The van der Waals surface area contributed by atoms with E-state index in [1.54, 1.807) is 12.1 Å². The third kappa shape index (κ3) is 2.93. The van der Waals surface area contributed by atoms with Crippen molar-refractivity contribution in [2.45, 2.75) is 12.5 Å². The van der Waals surface area contributed by atoms with E-state index in [1.165, 1.54) is 12.1 Å². The number of benzene rings is 2. The van der Waals surface area contributed by atoms with E-state index >= 15 is 0 Å². The lowest BCUT2D eigenvalue weighted by atomic mass is 10.0. The third-order valence-electron chi connectivity index (χ3n) is 2.76. The molecule has 2 rings (SSSR count). The zero-order valence-electron chi connectivity index (χ0n) is 9.69. The van der Waals surface area contributed by atoms with Crippen molar-refractivity contribution >= 4 is 5.69 Å². The van der Waals surface area contributed by atoms with Crippen molar-refractivity contribution in [1.82, 2.24) is 0 Å². The molecule has 0 amide bonds. The van der Waals surface area contributed by atoms with Crippen LogP contribution in [-0.2, 0) is 6.42 Å². The number of non-ortho nitro benzene ring substituents is 1. The number of hydrogen-bond acceptors (Lipinski definition) is 3. The van der Waals surface area contributed by atoms with Crippen LogP contribution in [0.15, 0.2) is 54.6 Å². The average molecular weight is 243 g/mol. The van der Waals surface area contributed by atoms with Gasteiger partial charge in [-0.3, -0.25) is 10.1 Å². The Balaban J connectivity index is 2.08. The maximum absolute atomic E-state index is 10.5. The molecule has 0 aliphatic rings. The van der Waals surface area contributed by atoms with Crippen LogP contribution in [0.2, 0.25) is 0 Å². The smallest absolute Gasteiger partial charge is 0.269 e. The molecule has 1 atom stereocenters. The normalized spacial score (nSPS) is 12.1. The Bertz CT molecular complexity index is 522. The summed E-state index contributed by atoms with van der Waals surface area (Å²) in [7, 11) is 0. The SMILES string of the molecule is O=[N+]([O-])c1ccc(C[C@@H](O)c2ccccc2)cc1. The molecule has 92 valence electrons. The summed E-state index contributed by atoms with van der Waals surface area (Å²) in [5.41, 5.74) is 1.78. The first-order valence-corrected chi connectivity index (χ1v) is 5.63. The molecule has 4 heteroatoms. The summed E-state index contributed by atoms with van der Waals surface area (Å²) >= 11 is 0. The minimum Gasteiger partial charge on any atom is -0.388 e. The van der Waals surface area contributed by atoms with Crippen LogP contribution < -0.4 is 0 Å². The second-order valence-electron chi connectivity index (χ2n) is 4.05. The van der Waals surface area contributed by atoms with Crippen molar-refractivity contribution < 1.29 is 10.0 Å². The largest absolute Gasteiger partial charge is 0.388 e. The van der Waals surface area contributed by atoms with Crippen LogP contribution in [0, 0.1) is 10.1 Å². The van der Waals surface area contributed by atoms with Crippen LogP contribution in [0.4, 0.5) is 5.69 Å². The van der Waals surface area contributed by atoms with Gasteiger partial charge in [0.15, 0.2) is 0 Å². The quantitative estimate of drug-likeness (QED) is 0.663. The zero-order valence-corrected chi connectivity index (χ0v) is 9.69. The van der Waals surface area contributed by atoms with Crippen LogP contribution >= 0.6 is 0 Å². The van der Waals surface area contributed by atoms with Crippen LogP contribution in [-0.4, -0.2) is 10.0 Å². The summed E-state index contributed by atoms with van der Waals surface area (Å²) < 4.78 is 0. The fourth-order valence-electron chi connectivity index (χ4n) is 1.77. The molecule has 4 nitrogen and oxygen atoms in total. The fraction of sp³-hybridized carbons (Fsp3) is 0.143. The molecule has 0 heterocycles. The first-order valence-electron chi connectivity index (χ1n) is 5.63. The van der Waals surface area contributed by atoms with E-state index in [4.69, 9.17) is 0 Å². The third-order valence-corrected chi connectivity index (χ3v) is 2.76. The van der Waals surface area contributed by atoms with Crippen LogP contribution in [0.3, 0.4) is 0 Å². The van der Waals surface area contributed by atoms with E-state index in [0.29, 0.717) is 6.42 Å². The number of rotatable bonds is 4. The molecule has 0 unspecified atom stereocenters. The minimum absolute atomic E-state index is 0.0629. The number of nitrogens with zero attached hydrogens (tertiary/aromatic N) is 1. The number of aliphatic hydroxyl groups is 1. The van der Waals surface area contributed by atoms with Gasteiger partial charge in [0, 0.05) is 18.6 Å². The molecule has 18 heavy (non-hydrogen) atoms. The van der Waals surface area contributed by atoms with Gasteiger partial charge < -0.3 is 5.11 Å². The van der Waals surface area contributed by atoms with E-state index in [1.807, 2.05) is 30.3 Å². The summed E-state index contributed by atoms with van der Waals surface area (Å²) in [6.07, 6.45) is -0.144. The highest BCUT2D eigenvalue weighted by Crippen LogP contribution is 2.19. The highest BCUT2D eigenvalue weighted by atomic mass is 16.6. The molecule has 0 aliphatic carbocycles. The molecule has 0 radical (unpaired) electrons. The summed E-state index contributed by atoms with van der Waals surface area (Å²) in [5.74, 6) is 0. The summed E-state index contributed by atoms with van der Waals surface area (Å²) in [4.78, 5) is 10.1. The Morgan fingerprint density at radius 3 is 2.22 bits per heavy atom. The van der Waals surface area contributed by atoms with Gasteiger partial charge in [0.2, 0.25) is 0 Å². The topological polar surface area (TPSA) is 63.4 Å². The van der Waals surface area contributed by atoms with E-state index in [2.05, 4.69) is 0 Å². The van der Waals surface area contributed by atoms with Gasteiger partial charge in [-0.1, -0.05) is 42.5 Å². The molecule has 0 aromatic heterocycles. The molecular weight excluding hydrogens is 230 g/mol. The molecule has 0 aliphatic heterocycles. The van der Waals surface area contributed by atoms with Crippen molar-refractivity contribution in [3.8, 4) is 0 Å². The Hall–Kier alpha value is -2.20. The fourth-order valence-corrected chi connectivity index (χ4v) is 1.77. The van der Waals surface area contributed by atoms with E-state index in [-0.39, 0.29) is 5.69 Å². The zero-order chi connectivity index (χ0) is 13.0. The lowest BCUT2D eigenvalue weighted by Crippen LogP contribution is -2.01. The van der Waals surface area contributed by atoms with Crippen LogP contribution in [0.1, 0.15) is 17.2 Å². The van der Waals surface area contributed by atoms with Crippen molar-refractivity contribution in [1.29, 1.82) is 0 Å². The highest BCUT2D eigenvalue weighted by molar-refractivity contribution is 5.33. The van der Waals surface area contributed by atoms with E-state index < -0.39 is 11.0 Å². The van der Waals surface area contributed by atoms with Gasteiger partial charge in [-0.25, -0.2) is 0 Å². The molecule has 2 aromatic carbocycles. The Kier molecular flexibility index (Phi) is 3.69. The first-order chi connectivity index (χ1) is 8.66. The second-order valence-corrected chi connectivity index (χ2v) is 4.05. The molecule has 0 bridgehead atoms. The first kappa shape index (κ1) is 12.3. The van der Waals surface area contributed by atoms with Crippen LogP contribution in [0.25, 0.3) is 0 Å². The Morgan fingerprint density at radius 2 is 1.67 bits per heavy atom. The van der Waals surface area contributed by atoms with Gasteiger partial charge in [0.05, 0.1) is 11.0 Å². The maximum Gasteiger partial charge on any atom is 0.269 e. The lowest BCUT2D eigenvalue weighted by Gasteiger charge is -2.10. The molecular formula is C14H13NO3. The second kappa shape index (κ2) is 5.42. The summed E-state index contributed by atoms with van der Waals surface area (Å²) in [5, 5.41) is 20.5. The number of nitro groups is 1. The van der Waals surface area contributed by atoms with Gasteiger partial charge >= 0.3 is 0 Å². The number of aliphatic hydroxyl groups excluding tert-OH is 1. The molecule has 0 saturated heterocycles. The molecule has 0 saturated carbocycles. The summed E-state index contributed by atoms with van der Waals surface area (Å²) in [6.45, 7) is 0. The number of hydrogen-bond donors (Lipinski definition) is 1. The van der Waals surface area contributed by atoms with Crippen molar-refractivity contribution in [2.24, 2.45) is 0 Å². The van der Waals surface area contributed by atoms with E-state index in [9.17, 15) is 15.2 Å². The molecule has 2 aromatic rings. The van der Waals surface area contributed by atoms with E-state index in [0.717, 1.165) is 11.1 Å². The standard InChI is InChI=1S/C14H13NO3/c16-14(12-4-2-1-3-5-12)10-11-6-8-13(9-7-11)15(17)18/h1-9,14,16H,10H2/t14-/m1/s1. The van der Waals surface area contributed by atoms with Gasteiger partial charge in [0.25, 0.3) is 5.69 Å². The van der Waals surface area contributed by atoms with Gasteiger partial charge in [-0.15, -0.1) is 0 Å². The van der Waals surface area contributed by atoms with Gasteiger partial charge in [-0.2, -0.15) is 0 Å². The Morgan fingerprint density at radius 1 is 1.06 bits per heavy atom. The van der Waals surface area contributed by atoms with Crippen molar-refractivity contribution in [2.75, 3.05) is 0 Å². The highest BCUT2D eigenvalue weighted by Gasteiger charge is 2.09. The lowest BCUT2D eigenvalue weighted by molar-refractivity contribution is -0.384. The summed E-state index contributed by atoms with van der Waals surface area (Å²) in [6, 6.07) is 15.6. The van der Waals surface area contributed by atoms with Gasteiger partial charge in [-0.05, 0) is 11.1 Å². The molecule has 0 fully saturated rings. The van der Waals surface area contributed by atoms with Crippen molar-refractivity contribution in [3.05, 3.63) is 75.8 Å². The predicted molar refractivity (Wildman–Crippen MR) is 68.2 cm³/mol. The minimum atomic E-state index is -0.590. The predicted octanol–water partition coefficient (Wildman–Crippen LogP) is 2.87.